The Labute approximate surface area is 162 Å². The quantitative estimate of drug-likeness (QED) is 0.829. The first-order valence-electron chi connectivity index (χ1n) is 9.21. The van der Waals surface area contributed by atoms with E-state index in [0.717, 1.165) is 22.9 Å². The molecule has 0 aromatic heterocycles. The van der Waals surface area contributed by atoms with Crippen molar-refractivity contribution < 1.29 is 18.4 Å². The maximum absolute atomic E-state index is 14.2. The molecule has 2 N–H and O–H groups in total. The predicted octanol–water partition coefficient (Wildman–Crippen LogP) is 3.09. The third-order valence-corrected chi connectivity index (χ3v) is 4.82. The molecule has 0 saturated carbocycles. The molecule has 2 aromatic rings. The average Bonchev–Trinajstić information content (AvgIpc) is 2.63. The summed E-state index contributed by atoms with van der Waals surface area (Å²) in [5.74, 6) is -2.02. The molecule has 0 spiro atoms. The Morgan fingerprint density at radius 2 is 1.82 bits per heavy atom. The summed E-state index contributed by atoms with van der Waals surface area (Å²) in [6.07, 6.45) is 1.27. The number of nitrogens with zero attached hydrogens (tertiary/aromatic N) is 1. The molecule has 7 heteroatoms. The summed E-state index contributed by atoms with van der Waals surface area (Å²) in [5, 5.41) is 5.36. The Morgan fingerprint density at radius 1 is 1.11 bits per heavy atom. The third-order valence-electron chi connectivity index (χ3n) is 4.82. The van der Waals surface area contributed by atoms with Gasteiger partial charge < -0.3 is 15.5 Å². The van der Waals surface area contributed by atoms with Crippen molar-refractivity contribution >= 4 is 23.2 Å². The first-order chi connectivity index (χ1) is 13.3. The molecule has 1 heterocycles. The number of fused-ring (bicyclic) bond motifs is 1. The monoisotopic (exact) mass is 387 g/mol. The number of carbonyl (C=O) groups is 2. The molecule has 3 rings (SSSR count). The highest BCUT2D eigenvalue weighted by Gasteiger charge is 2.23. The van der Waals surface area contributed by atoms with Crippen molar-refractivity contribution in [3.05, 3.63) is 58.7 Å². The fraction of sp³-hybridized carbons (Fsp3) is 0.333. The standard InChI is InChI=1S/C21H23F2N3O2/c1-13-5-3-6-14(2)20(13)25-18(27)11-24-19(28)12-26-8-4-7-15-9-16(22)10-17(23)21(15)26/h3,5-6,9-10H,4,7-8,11-12H2,1-2H3,(H,24,28)(H,25,27). The second kappa shape index (κ2) is 8.37. The molecule has 28 heavy (non-hydrogen) atoms. The highest BCUT2D eigenvalue weighted by Crippen LogP contribution is 2.30. The molecular weight excluding hydrogens is 364 g/mol. The van der Waals surface area contributed by atoms with Gasteiger partial charge in [-0.2, -0.15) is 0 Å². The van der Waals surface area contributed by atoms with Gasteiger partial charge in [0.05, 0.1) is 18.8 Å². The molecule has 5 nitrogen and oxygen atoms in total. The summed E-state index contributed by atoms with van der Waals surface area (Å²) < 4.78 is 27.6. The van der Waals surface area contributed by atoms with Gasteiger partial charge in [0.25, 0.3) is 0 Å². The molecule has 1 aliphatic heterocycles. The lowest BCUT2D eigenvalue weighted by Crippen LogP contribution is -2.42. The number of anilines is 2. The van der Waals surface area contributed by atoms with E-state index in [1.165, 1.54) is 6.07 Å². The average molecular weight is 387 g/mol. The second-order valence-corrected chi connectivity index (χ2v) is 7.01. The number of benzene rings is 2. The van der Waals surface area contributed by atoms with Crippen molar-refractivity contribution in [2.45, 2.75) is 26.7 Å². The summed E-state index contributed by atoms with van der Waals surface area (Å²) in [7, 11) is 0. The van der Waals surface area contributed by atoms with E-state index in [2.05, 4.69) is 10.6 Å². The number of rotatable bonds is 5. The van der Waals surface area contributed by atoms with Gasteiger partial charge in [-0.1, -0.05) is 18.2 Å². The van der Waals surface area contributed by atoms with E-state index in [1.807, 2.05) is 32.0 Å². The molecule has 0 fully saturated rings. The fourth-order valence-electron chi connectivity index (χ4n) is 3.50. The topological polar surface area (TPSA) is 61.4 Å². The molecule has 2 aromatic carbocycles. The van der Waals surface area contributed by atoms with Gasteiger partial charge in [0.1, 0.15) is 11.6 Å². The van der Waals surface area contributed by atoms with Gasteiger partial charge in [-0.25, -0.2) is 8.78 Å². The largest absolute Gasteiger partial charge is 0.360 e. The normalized spacial score (nSPS) is 13.1. The molecule has 0 radical (unpaired) electrons. The van der Waals surface area contributed by atoms with Crippen LogP contribution in [0.1, 0.15) is 23.1 Å². The minimum absolute atomic E-state index is 0.0910. The zero-order valence-corrected chi connectivity index (χ0v) is 15.9. The maximum atomic E-state index is 14.2. The van der Waals surface area contributed by atoms with Crippen LogP contribution in [-0.2, 0) is 16.0 Å². The van der Waals surface area contributed by atoms with Crippen molar-refractivity contribution in [3.63, 3.8) is 0 Å². The second-order valence-electron chi connectivity index (χ2n) is 7.01. The minimum atomic E-state index is -0.671. The Kier molecular flexibility index (Phi) is 5.92. The lowest BCUT2D eigenvalue weighted by molar-refractivity contribution is -0.123. The highest BCUT2D eigenvalue weighted by molar-refractivity contribution is 5.96. The molecule has 1 aliphatic rings. The van der Waals surface area contributed by atoms with Crippen LogP contribution in [0.4, 0.5) is 20.2 Å². The molecule has 148 valence electrons. The maximum Gasteiger partial charge on any atom is 0.243 e. The number of amides is 2. The SMILES string of the molecule is Cc1cccc(C)c1NC(=O)CNC(=O)CN1CCCc2cc(F)cc(F)c21. The van der Waals surface area contributed by atoms with Crippen LogP contribution in [0.25, 0.3) is 0 Å². The Morgan fingerprint density at radius 3 is 2.54 bits per heavy atom. The molecule has 0 bridgehead atoms. The van der Waals surface area contributed by atoms with Crippen molar-refractivity contribution in [1.82, 2.24) is 5.32 Å². The highest BCUT2D eigenvalue weighted by atomic mass is 19.1. The van der Waals surface area contributed by atoms with E-state index in [9.17, 15) is 18.4 Å². The van der Waals surface area contributed by atoms with Gasteiger partial charge in [-0.15, -0.1) is 0 Å². The summed E-state index contributed by atoms with van der Waals surface area (Å²) in [6, 6.07) is 7.83. The number of aryl methyl sites for hydroxylation is 3. The van der Waals surface area contributed by atoms with Crippen LogP contribution in [0.5, 0.6) is 0 Å². The van der Waals surface area contributed by atoms with Crippen molar-refractivity contribution in [3.8, 4) is 0 Å². The number of halogens is 2. The van der Waals surface area contributed by atoms with Gasteiger partial charge in [-0.3, -0.25) is 9.59 Å². The van der Waals surface area contributed by atoms with Crippen LogP contribution in [0.15, 0.2) is 30.3 Å². The summed E-state index contributed by atoms with van der Waals surface area (Å²) in [5.41, 5.74) is 3.43. The van der Waals surface area contributed by atoms with Crippen molar-refractivity contribution in [2.75, 3.05) is 29.9 Å². The van der Waals surface area contributed by atoms with Crippen LogP contribution in [0.3, 0.4) is 0 Å². The molecule has 0 saturated heterocycles. The Balaban J connectivity index is 1.58. The van der Waals surface area contributed by atoms with Crippen molar-refractivity contribution in [1.29, 1.82) is 0 Å². The van der Waals surface area contributed by atoms with Gasteiger partial charge in [0, 0.05) is 18.3 Å². The first-order valence-corrected chi connectivity index (χ1v) is 9.21. The van der Waals surface area contributed by atoms with Gasteiger partial charge >= 0.3 is 0 Å². The van der Waals surface area contributed by atoms with Crippen LogP contribution < -0.4 is 15.5 Å². The number of hydrogen-bond donors (Lipinski definition) is 2. The van der Waals surface area contributed by atoms with E-state index >= 15 is 0 Å². The fourth-order valence-corrected chi connectivity index (χ4v) is 3.50. The van der Waals surface area contributed by atoms with Gasteiger partial charge in [0.15, 0.2) is 0 Å². The van der Waals surface area contributed by atoms with E-state index in [1.54, 1.807) is 4.90 Å². The number of nitrogens with one attached hydrogen (secondary N) is 2. The molecule has 0 aliphatic carbocycles. The van der Waals surface area contributed by atoms with Gasteiger partial charge in [-0.05, 0) is 49.4 Å². The van der Waals surface area contributed by atoms with Crippen LogP contribution in [0.2, 0.25) is 0 Å². The van der Waals surface area contributed by atoms with Crippen molar-refractivity contribution in [2.24, 2.45) is 0 Å². The molecule has 0 atom stereocenters. The zero-order chi connectivity index (χ0) is 20.3. The van der Waals surface area contributed by atoms with E-state index in [0.29, 0.717) is 24.9 Å². The lowest BCUT2D eigenvalue weighted by atomic mass is 10.0. The van der Waals surface area contributed by atoms with E-state index < -0.39 is 17.5 Å². The summed E-state index contributed by atoms with van der Waals surface area (Å²) in [4.78, 5) is 26.0. The Bertz CT molecular complexity index is 895. The first kappa shape index (κ1) is 19.8. The van der Waals surface area contributed by atoms with Crippen LogP contribution in [0, 0.1) is 25.5 Å². The number of para-hydroxylation sites is 1. The predicted molar refractivity (Wildman–Crippen MR) is 104 cm³/mol. The lowest BCUT2D eigenvalue weighted by Gasteiger charge is -2.31. The smallest absolute Gasteiger partial charge is 0.243 e. The zero-order valence-electron chi connectivity index (χ0n) is 15.9. The number of hydrogen-bond acceptors (Lipinski definition) is 3. The van der Waals surface area contributed by atoms with Crippen LogP contribution in [-0.4, -0.2) is 31.4 Å². The third kappa shape index (κ3) is 4.47. The Hall–Kier alpha value is -2.96. The molecule has 2 amide bonds. The molecule has 0 unspecified atom stereocenters. The summed E-state index contributed by atoms with van der Waals surface area (Å²) in [6.45, 7) is 4.02. The van der Waals surface area contributed by atoms with E-state index in [4.69, 9.17) is 0 Å². The minimum Gasteiger partial charge on any atom is -0.360 e. The molecular formula is C21H23F2N3O2. The van der Waals surface area contributed by atoms with Gasteiger partial charge in [0.2, 0.25) is 11.8 Å². The van der Waals surface area contributed by atoms with E-state index in [-0.39, 0.29) is 24.7 Å². The van der Waals surface area contributed by atoms with Crippen LogP contribution >= 0.6 is 0 Å². The summed E-state index contributed by atoms with van der Waals surface area (Å²) >= 11 is 0. The number of carbonyl (C=O) groups excluding carboxylic acids is 2.